The van der Waals surface area contributed by atoms with Gasteiger partial charge in [0.1, 0.15) is 0 Å². The molecule has 2 unspecified atom stereocenters. The molecule has 1 saturated heterocycles. The minimum Gasteiger partial charge on any atom is -0.340 e. The summed E-state index contributed by atoms with van der Waals surface area (Å²) in [6, 6.07) is 7.33. The van der Waals surface area contributed by atoms with Crippen LogP contribution in [0.1, 0.15) is 25.8 Å². The van der Waals surface area contributed by atoms with Gasteiger partial charge in [-0.15, -0.1) is 0 Å². The summed E-state index contributed by atoms with van der Waals surface area (Å²) in [5.74, 6) is -0.213. The highest BCUT2D eigenvalue weighted by Crippen LogP contribution is 2.18. The van der Waals surface area contributed by atoms with Crippen molar-refractivity contribution in [2.75, 3.05) is 46.0 Å². The van der Waals surface area contributed by atoms with Crippen molar-refractivity contribution in [1.82, 2.24) is 14.7 Å². The molecule has 1 heterocycles. The van der Waals surface area contributed by atoms with Crippen LogP contribution in [-0.4, -0.2) is 87.1 Å². The summed E-state index contributed by atoms with van der Waals surface area (Å²) in [7, 11) is 0.688. The summed E-state index contributed by atoms with van der Waals surface area (Å²) in [5.41, 5.74) is 1.01. The molecule has 1 aromatic rings. The van der Waals surface area contributed by atoms with Crippen LogP contribution in [-0.2, 0) is 14.6 Å². The van der Waals surface area contributed by atoms with Gasteiger partial charge in [-0.05, 0) is 47.0 Å². The number of hydrogen-bond donors (Lipinski definition) is 0. The average Bonchev–Trinajstić information content (AvgIpc) is 2.59. The van der Waals surface area contributed by atoms with Crippen molar-refractivity contribution in [3.8, 4) is 0 Å². The van der Waals surface area contributed by atoms with Gasteiger partial charge < -0.3 is 9.80 Å². The van der Waals surface area contributed by atoms with Gasteiger partial charge in [0.25, 0.3) is 0 Å². The minimum absolute atomic E-state index is 0.0351. The maximum Gasteiger partial charge on any atom is 0.223 e. The van der Waals surface area contributed by atoms with E-state index in [9.17, 15) is 13.2 Å². The van der Waals surface area contributed by atoms with Gasteiger partial charge in [0.15, 0.2) is 9.84 Å². The Morgan fingerprint density at radius 2 is 1.67 bits per heavy atom. The molecule has 152 valence electrons. The first-order chi connectivity index (χ1) is 12.6. The van der Waals surface area contributed by atoms with E-state index in [-0.39, 0.29) is 35.1 Å². The molecule has 0 aromatic heterocycles. The highest BCUT2D eigenvalue weighted by atomic mass is 32.2. The monoisotopic (exact) mass is 395 g/mol. The number of carbonyl (C=O) groups is 1. The van der Waals surface area contributed by atoms with E-state index in [1.54, 1.807) is 24.3 Å². The second kappa shape index (κ2) is 9.17. The molecule has 0 radical (unpaired) electrons. The summed E-state index contributed by atoms with van der Waals surface area (Å²) >= 11 is 0. The van der Waals surface area contributed by atoms with Crippen LogP contribution in [0.25, 0.3) is 0 Å². The third-order valence-electron chi connectivity index (χ3n) is 5.22. The third-order valence-corrected chi connectivity index (χ3v) is 6.96. The zero-order valence-electron chi connectivity index (χ0n) is 17.2. The van der Waals surface area contributed by atoms with E-state index in [1.807, 2.05) is 11.8 Å². The molecule has 0 N–H and O–H groups in total. The number of sulfone groups is 1. The Bertz CT molecular complexity index is 719. The van der Waals surface area contributed by atoms with Gasteiger partial charge in [0.05, 0.1) is 10.6 Å². The Morgan fingerprint density at radius 1 is 1.11 bits per heavy atom. The summed E-state index contributed by atoms with van der Waals surface area (Å²) in [4.78, 5) is 19.3. The zero-order chi connectivity index (χ0) is 20.2. The molecule has 6 nitrogen and oxygen atoms in total. The Hall–Kier alpha value is -1.44. The Labute approximate surface area is 164 Å². The lowest BCUT2D eigenvalue weighted by Crippen LogP contribution is -2.59. The fourth-order valence-electron chi connectivity index (χ4n) is 3.56. The zero-order valence-corrected chi connectivity index (χ0v) is 18.0. The standard InChI is InChI=1S/C20H33N3O3S/c1-16-6-8-19(9-7-16)27(25,26)13-10-20(24)22-14-17(2)23(18(3)15-22)12-11-21(4)5/h6-9,17-18H,10-15H2,1-5H3. The number of likely N-dealkylation sites (N-methyl/N-ethyl adjacent to an activating group) is 1. The van der Waals surface area contributed by atoms with Crippen molar-refractivity contribution in [2.45, 2.75) is 44.2 Å². The minimum atomic E-state index is -3.43. The lowest BCUT2D eigenvalue weighted by Gasteiger charge is -2.44. The first-order valence-corrected chi connectivity index (χ1v) is 11.2. The van der Waals surface area contributed by atoms with E-state index in [2.05, 4.69) is 37.7 Å². The van der Waals surface area contributed by atoms with Crippen molar-refractivity contribution in [3.05, 3.63) is 29.8 Å². The van der Waals surface area contributed by atoms with E-state index >= 15 is 0 Å². The van der Waals surface area contributed by atoms with Crippen LogP contribution >= 0.6 is 0 Å². The lowest BCUT2D eigenvalue weighted by atomic mass is 10.1. The summed E-state index contributed by atoms with van der Waals surface area (Å²) in [6.07, 6.45) is 0.0351. The Kier molecular flexibility index (Phi) is 7.42. The fraction of sp³-hybridized carbons (Fsp3) is 0.650. The maximum absolute atomic E-state index is 12.6. The summed E-state index contributed by atoms with van der Waals surface area (Å²) in [6.45, 7) is 9.45. The number of piperazine rings is 1. The van der Waals surface area contributed by atoms with Gasteiger partial charge in [0.2, 0.25) is 5.91 Å². The number of benzene rings is 1. The first kappa shape index (κ1) is 21.9. The fourth-order valence-corrected chi connectivity index (χ4v) is 4.79. The number of rotatable bonds is 7. The number of amides is 1. The van der Waals surface area contributed by atoms with Crippen LogP contribution in [0, 0.1) is 6.92 Å². The molecule has 0 saturated carbocycles. The Morgan fingerprint density at radius 3 is 2.19 bits per heavy atom. The predicted molar refractivity (Wildman–Crippen MR) is 109 cm³/mol. The molecule has 7 heteroatoms. The molecule has 0 spiro atoms. The van der Waals surface area contributed by atoms with E-state index in [0.29, 0.717) is 13.1 Å². The van der Waals surface area contributed by atoms with Crippen molar-refractivity contribution >= 4 is 15.7 Å². The van der Waals surface area contributed by atoms with Gasteiger partial charge in [-0.2, -0.15) is 0 Å². The van der Waals surface area contributed by atoms with Gasteiger partial charge >= 0.3 is 0 Å². The number of hydrogen-bond acceptors (Lipinski definition) is 5. The van der Waals surface area contributed by atoms with Crippen LogP contribution in [0.3, 0.4) is 0 Å². The van der Waals surface area contributed by atoms with E-state index < -0.39 is 9.84 Å². The molecular weight excluding hydrogens is 362 g/mol. The van der Waals surface area contributed by atoms with Crippen molar-refractivity contribution < 1.29 is 13.2 Å². The van der Waals surface area contributed by atoms with E-state index in [4.69, 9.17) is 0 Å². The van der Waals surface area contributed by atoms with Crippen LogP contribution in [0.2, 0.25) is 0 Å². The normalized spacial score (nSPS) is 21.6. The molecule has 2 rings (SSSR count). The van der Waals surface area contributed by atoms with Crippen molar-refractivity contribution in [2.24, 2.45) is 0 Å². The largest absolute Gasteiger partial charge is 0.340 e. The highest BCUT2D eigenvalue weighted by Gasteiger charge is 2.31. The Balaban J connectivity index is 1.92. The molecular formula is C20H33N3O3S. The second-order valence-corrected chi connectivity index (χ2v) is 10.0. The van der Waals surface area contributed by atoms with Crippen LogP contribution in [0.5, 0.6) is 0 Å². The van der Waals surface area contributed by atoms with Crippen LogP contribution in [0.4, 0.5) is 0 Å². The van der Waals surface area contributed by atoms with Crippen LogP contribution < -0.4 is 0 Å². The highest BCUT2D eigenvalue weighted by molar-refractivity contribution is 7.91. The van der Waals surface area contributed by atoms with Crippen molar-refractivity contribution in [1.29, 1.82) is 0 Å². The lowest BCUT2D eigenvalue weighted by molar-refractivity contribution is -0.135. The van der Waals surface area contributed by atoms with Gasteiger partial charge in [-0.3, -0.25) is 9.69 Å². The third kappa shape index (κ3) is 6.02. The number of nitrogens with zero attached hydrogens (tertiary/aromatic N) is 3. The molecule has 1 aliphatic heterocycles. The summed E-state index contributed by atoms with van der Waals surface area (Å²) < 4.78 is 25.0. The molecule has 0 aliphatic carbocycles. The molecule has 1 fully saturated rings. The van der Waals surface area contributed by atoms with Crippen LogP contribution in [0.15, 0.2) is 29.2 Å². The van der Waals surface area contributed by atoms with E-state index in [0.717, 1.165) is 18.7 Å². The topological polar surface area (TPSA) is 60.9 Å². The molecule has 1 aliphatic rings. The maximum atomic E-state index is 12.6. The van der Waals surface area contributed by atoms with E-state index in [1.165, 1.54) is 0 Å². The molecule has 27 heavy (non-hydrogen) atoms. The number of carbonyl (C=O) groups excluding carboxylic acids is 1. The first-order valence-electron chi connectivity index (χ1n) is 9.58. The predicted octanol–water partition coefficient (Wildman–Crippen LogP) is 1.64. The molecule has 0 bridgehead atoms. The quantitative estimate of drug-likeness (QED) is 0.702. The average molecular weight is 396 g/mol. The SMILES string of the molecule is Cc1ccc(S(=O)(=O)CCC(=O)N2CC(C)N(CCN(C)C)C(C)C2)cc1. The molecule has 1 amide bonds. The second-order valence-electron chi connectivity index (χ2n) is 7.92. The molecule has 1 aromatic carbocycles. The smallest absolute Gasteiger partial charge is 0.223 e. The molecule has 2 atom stereocenters. The van der Waals surface area contributed by atoms with Gasteiger partial charge in [0, 0.05) is 44.7 Å². The van der Waals surface area contributed by atoms with Gasteiger partial charge in [-0.25, -0.2) is 8.42 Å². The number of aryl methyl sites for hydroxylation is 1. The van der Waals surface area contributed by atoms with Crippen molar-refractivity contribution in [3.63, 3.8) is 0 Å². The summed E-state index contributed by atoms with van der Waals surface area (Å²) in [5, 5.41) is 0. The van der Waals surface area contributed by atoms with Gasteiger partial charge in [-0.1, -0.05) is 17.7 Å².